The summed E-state index contributed by atoms with van der Waals surface area (Å²) in [6.07, 6.45) is 0. The number of halogens is 3. The van der Waals surface area contributed by atoms with E-state index in [0.29, 0.717) is 5.02 Å². The molecule has 0 saturated heterocycles. The van der Waals surface area contributed by atoms with Gasteiger partial charge in [-0.3, -0.25) is 0 Å². The highest BCUT2D eigenvalue weighted by Crippen LogP contribution is 2.21. The normalized spacial score (nSPS) is 10.2. The monoisotopic (exact) mass is 284 g/mol. The third kappa shape index (κ3) is 2.81. The molecule has 0 atom stereocenters. The van der Waals surface area contributed by atoms with Crippen LogP contribution in [0.2, 0.25) is 10.0 Å². The van der Waals surface area contributed by atoms with E-state index in [1.807, 2.05) is 0 Å². The summed E-state index contributed by atoms with van der Waals surface area (Å²) in [5.74, 6) is -1.32. The molecule has 2 nitrogen and oxygen atoms in total. The molecule has 0 bridgehead atoms. The van der Waals surface area contributed by atoms with E-state index in [2.05, 4.69) is 0 Å². The molecule has 0 saturated carbocycles. The van der Waals surface area contributed by atoms with Crippen molar-refractivity contribution in [3.8, 4) is 5.75 Å². The van der Waals surface area contributed by atoms with Crippen LogP contribution in [-0.2, 0) is 0 Å². The fourth-order valence-corrected chi connectivity index (χ4v) is 1.63. The van der Waals surface area contributed by atoms with Crippen LogP contribution in [0.15, 0.2) is 42.5 Å². The number of hydrogen-bond acceptors (Lipinski definition) is 2. The van der Waals surface area contributed by atoms with Crippen LogP contribution in [0.5, 0.6) is 5.75 Å². The van der Waals surface area contributed by atoms with Crippen LogP contribution in [0.1, 0.15) is 10.4 Å². The average Bonchev–Trinajstić information content (AvgIpc) is 2.35. The molecule has 2 aromatic rings. The molecule has 0 heterocycles. The van der Waals surface area contributed by atoms with Crippen molar-refractivity contribution in [2.24, 2.45) is 0 Å². The summed E-state index contributed by atoms with van der Waals surface area (Å²) in [5.41, 5.74) is -0.211. The number of rotatable bonds is 2. The predicted octanol–water partition coefficient (Wildman–Crippen LogP) is 4.35. The van der Waals surface area contributed by atoms with Crippen LogP contribution < -0.4 is 4.74 Å². The number of hydrogen-bond donors (Lipinski definition) is 0. The molecule has 2 rings (SSSR count). The minimum atomic E-state index is -0.808. The van der Waals surface area contributed by atoms with Crippen LogP contribution >= 0.6 is 23.2 Å². The first-order valence-electron chi connectivity index (χ1n) is 4.99. The summed E-state index contributed by atoms with van der Waals surface area (Å²) in [5, 5.41) is 0.393. The predicted molar refractivity (Wildman–Crippen MR) is 67.8 cm³/mol. The zero-order valence-electron chi connectivity index (χ0n) is 8.99. The van der Waals surface area contributed by atoms with Crippen molar-refractivity contribution in [2.45, 2.75) is 0 Å². The Hall–Kier alpha value is -1.58. The van der Waals surface area contributed by atoms with E-state index >= 15 is 0 Å². The van der Waals surface area contributed by atoms with Gasteiger partial charge in [0, 0.05) is 5.02 Å². The first-order chi connectivity index (χ1) is 8.58. The van der Waals surface area contributed by atoms with Gasteiger partial charge in [0.05, 0.1) is 10.6 Å². The van der Waals surface area contributed by atoms with Crippen molar-refractivity contribution in [3.05, 3.63) is 63.9 Å². The van der Waals surface area contributed by atoms with Gasteiger partial charge in [-0.25, -0.2) is 9.18 Å². The van der Waals surface area contributed by atoms with Gasteiger partial charge in [-0.2, -0.15) is 0 Å². The molecule has 0 spiro atoms. The molecule has 0 fully saturated rings. The van der Waals surface area contributed by atoms with E-state index in [1.54, 1.807) is 12.1 Å². The highest BCUT2D eigenvalue weighted by atomic mass is 35.5. The van der Waals surface area contributed by atoms with Crippen LogP contribution in [0.25, 0.3) is 0 Å². The fourth-order valence-electron chi connectivity index (χ4n) is 1.33. The van der Waals surface area contributed by atoms with Crippen molar-refractivity contribution in [1.29, 1.82) is 0 Å². The quantitative estimate of drug-likeness (QED) is 0.605. The Labute approximate surface area is 113 Å². The minimum absolute atomic E-state index is 0.124. The molecule has 0 unspecified atom stereocenters. The van der Waals surface area contributed by atoms with E-state index in [4.69, 9.17) is 27.9 Å². The second-order valence-electron chi connectivity index (χ2n) is 3.44. The number of carbonyl (C=O) groups is 1. The van der Waals surface area contributed by atoms with Crippen LogP contribution in [0.3, 0.4) is 0 Å². The van der Waals surface area contributed by atoms with Gasteiger partial charge in [0.1, 0.15) is 5.75 Å². The zero-order chi connectivity index (χ0) is 13.1. The SMILES string of the molecule is O=C(Oc1ccc(Cl)cc1)c1cccc(Cl)c1F. The van der Waals surface area contributed by atoms with Gasteiger partial charge in [-0.1, -0.05) is 29.3 Å². The lowest BCUT2D eigenvalue weighted by atomic mass is 10.2. The van der Waals surface area contributed by atoms with Gasteiger partial charge in [-0.05, 0) is 36.4 Å². The van der Waals surface area contributed by atoms with Gasteiger partial charge < -0.3 is 4.74 Å². The average molecular weight is 285 g/mol. The Balaban J connectivity index is 2.22. The highest BCUT2D eigenvalue weighted by Gasteiger charge is 2.16. The smallest absolute Gasteiger partial charge is 0.346 e. The van der Waals surface area contributed by atoms with Gasteiger partial charge >= 0.3 is 5.97 Å². The summed E-state index contributed by atoms with van der Waals surface area (Å²) < 4.78 is 18.6. The lowest BCUT2D eigenvalue weighted by Crippen LogP contribution is -2.10. The lowest BCUT2D eigenvalue weighted by molar-refractivity contribution is 0.0730. The largest absolute Gasteiger partial charge is 0.423 e. The maximum atomic E-state index is 13.6. The summed E-state index contributed by atoms with van der Waals surface area (Å²) in [4.78, 5) is 11.7. The summed E-state index contributed by atoms with van der Waals surface area (Å²) in [7, 11) is 0. The van der Waals surface area contributed by atoms with Crippen molar-refractivity contribution < 1.29 is 13.9 Å². The van der Waals surface area contributed by atoms with Crippen molar-refractivity contribution in [2.75, 3.05) is 0 Å². The minimum Gasteiger partial charge on any atom is -0.423 e. The van der Waals surface area contributed by atoms with Gasteiger partial charge in [-0.15, -0.1) is 0 Å². The zero-order valence-corrected chi connectivity index (χ0v) is 10.5. The number of ether oxygens (including phenoxy) is 1. The number of carbonyl (C=O) groups excluding carboxylic acids is 1. The molecular weight excluding hydrogens is 278 g/mol. The van der Waals surface area contributed by atoms with Crippen LogP contribution in [0, 0.1) is 5.82 Å². The Morgan fingerprint density at radius 3 is 2.39 bits per heavy atom. The molecule has 5 heteroatoms. The second kappa shape index (κ2) is 5.38. The van der Waals surface area contributed by atoms with E-state index in [-0.39, 0.29) is 16.3 Å². The topological polar surface area (TPSA) is 26.3 Å². The molecule has 0 N–H and O–H groups in total. The number of benzene rings is 2. The Kier molecular flexibility index (Phi) is 3.84. The standard InChI is InChI=1S/C13H7Cl2FO2/c14-8-4-6-9(7-5-8)18-13(17)10-2-1-3-11(15)12(10)16/h1-7H. The molecule has 0 amide bonds. The Morgan fingerprint density at radius 1 is 1.06 bits per heavy atom. The first-order valence-corrected chi connectivity index (χ1v) is 5.75. The second-order valence-corrected chi connectivity index (χ2v) is 4.29. The molecule has 18 heavy (non-hydrogen) atoms. The summed E-state index contributed by atoms with van der Waals surface area (Å²) >= 11 is 11.3. The van der Waals surface area contributed by atoms with Crippen LogP contribution in [-0.4, -0.2) is 5.97 Å². The molecule has 92 valence electrons. The Bertz CT molecular complexity index is 582. The fraction of sp³-hybridized carbons (Fsp3) is 0. The summed E-state index contributed by atoms with van der Waals surface area (Å²) in [6.45, 7) is 0. The van der Waals surface area contributed by atoms with Crippen molar-refractivity contribution in [3.63, 3.8) is 0 Å². The molecule has 0 aliphatic heterocycles. The summed E-state index contributed by atoms with van der Waals surface area (Å²) in [6, 6.07) is 10.3. The Morgan fingerprint density at radius 2 is 1.72 bits per heavy atom. The molecular formula is C13H7Cl2FO2. The van der Waals surface area contributed by atoms with E-state index in [1.165, 1.54) is 30.3 Å². The molecule has 0 aliphatic rings. The van der Waals surface area contributed by atoms with Gasteiger partial charge in [0.2, 0.25) is 0 Å². The maximum absolute atomic E-state index is 13.6. The molecule has 0 aliphatic carbocycles. The van der Waals surface area contributed by atoms with E-state index in [9.17, 15) is 9.18 Å². The van der Waals surface area contributed by atoms with Crippen molar-refractivity contribution >= 4 is 29.2 Å². The lowest BCUT2D eigenvalue weighted by Gasteiger charge is -2.05. The third-order valence-electron chi connectivity index (χ3n) is 2.20. The molecule has 2 aromatic carbocycles. The van der Waals surface area contributed by atoms with Crippen LogP contribution in [0.4, 0.5) is 4.39 Å². The van der Waals surface area contributed by atoms with Crippen molar-refractivity contribution in [1.82, 2.24) is 0 Å². The maximum Gasteiger partial charge on any atom is 0.346 e. The highest BCUT2D eigenvalue weighted by molar-refractivity contribution is 6.31. The van der Waals surface area contributed by atoms with E-state index in [0.717, 1.165) is 0 Å². The number of esters is 1. The van der Waals surface area contributed by atoms with Gasteiger partial charge in [0.25, 0.3) is 0 Å². The molecule has 0 radical (unpaired) electrons. The first kappa shape index (κ1) is 12.9. The third-order valence-corrected chi connectivity index (χ3v) is 2.74. The van der Waals surface area contributed by atoms with Gasteiger partial charge in [0.15, 0.2) is 5.82 Å². The molecule has 0 aromatic heterocycles. The van der Waals surface area contributed by atoms with E-state index < -0.39 is 11.8 Å².